The second kappa shape index (κ2) is 9.44. The van der Waals surface area contributed by atoms with Crippen molar-refractivity contribution in [3.05, 3.63) is 35.9 Å². The third-order valence-electron chi connectivity index (χ3n) is 10.5. The number of carbonyl (C=O) groups excluding carboxylic acids is 4. The van der Waals surface area contributed by atoms with Gasteiger partial charge in [-0.3, -0.25) is 14.4 Å². The molecule has 1 saturated heterocycles. The molecule has 2 N–H and O–H groups in total. The van der Waals surface area contributed by atoms with Crippen molar-refractivity contribution in [1.82, 2.24) is 0 Å². The quantitative estimate of drug-likeness (QED) is 0.415. The highest BCUT2D eigenvalue weighted by Crippen LogP contribution is 2.64. The van der Waals surface area contributed by atoms with E-state index in [9.17, 15) is 29.4 Å². The molecule has 3 saturated carbocycles. The Morgan fingerprint density at radius 1 is 1.10 bits per heavy atom. The second-order valence-corrected chi connectivity index (χ2v) is 12.7. The molecule has 5 rings (SSSR count). The standard InChI is InChI=1S/C30H38O10/c1-15-18(32)13-30(36)25(39-26(35)17-10-8-7-9-11-17)23-28(5,24(34)22(33)21(15)27(30,3)4)19(37-6)12-20-29(23,14-38-20)40-16(2)31/h7-11,15,18-21,23,25,32,36H,12-14H2,1-6H3/t15?,18-,19-,20+,21?,23-,25-,28+,29-,30+/m0/s1. The highest BCUT2D eigenvalue weighted by atomic mass is 16.6. The fraction of sp³-hybridized carbons (Fsp3) is 0.667. The smallest absolute Gasteiger partial charge is 0.338 e. The highest BCUT2D eigenvalue weighted by Gasteiger charge is 2.79. The van der Waals surface area contributed by atoms with Gasteiger partial charge >= 0.3 is 11.9 Å². The molecule has 4 fully saturated rings. The average molecular weight is 559 g/mol. The van der Waals surface area contributed by atoms with Gasteiger partial charge in [-0.25, -0.2) is 4.79 Å². The highest BCUT2D eigenvalue weighted by molar-refractivity contribution is 6.40. The van der Waals surface area contributed by atoms with Crippen molar-refractivity contribution in [2.45, 2.75) is 83.1 Å². The van der Waals surface area contributed by atoms with Crippen LogP contribution in [0.15, 0.2) is 30.3 Å². The molecule has 218 valence electrons. The predicted molar refractivity (Wildman–Crippen MR) is 139 cm³/mol. The van der Waals surface area contributed by atoms with E-state index in [2.05, 4.69) is 0 Å². The summed E-state index contributed by atoms with van der Waals surface area (Å²) in [4.78, 5) is 54.8. The van der Waals surface area contributed by atoms with E-state index in [1.165, 1.54) is 14.0 Å². The van der Waals surface area contributed by atoms with Gasteiger partial charge in [0, 0.05) is 38.2 Å². The van der Waals surface area contributed by atoms with E-state index in [1.807, 2.05) is 0 Å². The first-order valence-corrected chi connectivity index (χ1v) is 13.8. The minimum Gasteiger partial charge on any atom is -0.455 e. The molecule has 3 aliphatic carbocycles. The summed E-state index contributed by atoms with van der Waals surface area (Å²) in [5.41, 5.74) is -6.32. The predicted octanol–water partition coefficient (Wildman–Crippen LogP) is 1.88. The third-order valence-corrected chi connectivity index (χ3v) is 10.5. The van der Waals surface area contributed by atoms with E-state index in [0.29, 0.717) is 0 Å². The van der Waals surface area contributed by atoms with Gasteiger partial charge in [-0.15, -0.1) is 0 Å². The third kappa shape index (κ3) is 3.69. The fourth-order valence-electron chi connectivity index (χ4n) is 8.27. The number of aliphatic hydroxyl groups excluding tert-OH is 1. The van der Waals surface area contributed by atoms with Crippen LogP contribution < -0.4 is 0 Å². The average Bonchev–Trinajstić information content (AvgIpc) is 2.89. The Balaban J connectivity index is 1.81. The van der Waals surface area contributed by atoms with Crippen molar-refractivity contribution in [2.24, 2.45) is 28.6 Å². The molecule has 0 amide bonds. The first kappa shape index (κ1) is 28.9. The van der Waals surface area contributed by atoms with Crippen LogP contribution >= 0.6 is 0 Å². The summed E-state index contributed by atoms with van der Waals surface area (Å²) in [6.45, 7) is 7.65. The van der Waals surface area contributed by atoms with Crippen LogP contribution in [-0.4, -0.2) is 83.1 Å². The number of benzene rings is 1. The molecule has 40 heavy (non-hydrogen) atoms. The van der Waals surface area contributed by atoms with E-state index in [1.54, 1.807) is 58.0 Å². The number of fused-ring (bicyclic) bond motifs is 5. The first-order valence-electron chi connectivity index (χ1n) is 13.8. The number of carbonyl (C=O) groups is 4. The van der Waals surface area contributed by atoms with Crippen molar-refractivity contribution in [1.29, 1.82) is 0 Å². The number of hydrogen-bond acceptors (Lipinski definition) is 10. The molecule has 1 aromatic rings. The van der Waals surface area contributed by atoms with Crippen LogP contribution in [0.2, 0.25) is 0 Å². The molecule has 1 heterocycles. The number of hydrogen-bond donors (Lipinski definition) is 2. The van der Waals surface area contributed by atoms with Gasteiger partial charge in [-0.05, 0) is 25.0 Å². The number of ketones is 2. The topological polar surface area (TPSA) is 146 Å². The molecule has 0 aromatic heterocycles. The molecule has 4 aliphatic rings. The van der Waals surface area contributed by atoms with Gasteiger partial charge in [-0.2, -0.15) is 0 Å². The number of Topliss-reactive ketones (excluding diaryl/α,β-unsaturated/α-hetero) is 2. The number of esters is 2. The van der Waals surface area contributed by atoms with E-state index in [-0.39, 0.29) is 25.0 Å². The molecule has 0 spiro atoms. The van der Waals surface area contributed by atoms with Gasteiger partial charge < -0.3 is 29.2 Å². The SMILES string of the molecule is CO[C@H]1C[C@H]2OC[C@@]2(OC(C)=O)[C@H]2[C@H](OC(=O)c3ccccc3)[C@]3(O)C[C@H](O)C(C)C(C(=O)C(=O)[C@]12C)C3(C)C. The van der Waals surface area contributed by atoms with E-state index < -0.39 is 87.7 Å². The maximum absolute atomic E-state index is 14.5. The van der Waals surface area contributed by atoms with E-state index in [4.69, 9.17) is 18.9 Å². The molecule has 1 aliphatic heterocycles. The molecule has 1 aromatic carbocycles. The van der Waals surface area contributed by atoms with Crippen molar-refractivity contribution < 1.29 is 48.3 Å². The number of rotatable bonds is 4. The largest absolute Gasteiger partial charge is 0.455 e. The molecule has 10 nitrogen and oxygen atoms in total. The van der Waals surface area contributed by atoms with Crippen LogP contribution in [0, 0.1) is 28.6 Å². The summed E-state index contributed by atoms with van der Waals surface area (Å²) >= 11 is 0. The molecule has 10 heteroatoms. The number of aliphatic hydroxyl groups is 2. The molecular weight excluding hydrogens is 520 g/mol. The van der Waals surface area contributed by atoms with Gasteiger partial charge in [0.15, 0.2) is 5.60 Å². The summed E-state index contributed by atoms with van der Waals surface area (Å²) in [6.07, 6.45) is -4.40. The summed E-state index contributed by atoms with van der Waals surface area (Å²) in [6, 6.07) is 8.19. The van der Waals surface area contributed by atoms with Crippen LogP contribution in [0.3, 0.4) is 0 Å². The maximum Gasteiger partial charge on any atom is 0.338 e. The zero-order valence-corrected chi connectivity index (χ0v) is 23.7. The molecule has 10 atom stereocenters. The van der Waals surface area contributed by atoms with Gasteiger partial charge in [-0.1, -0.05) is 39.0 Å². The summed E-state index contributed by atoms with van der Waals surface area (Å²) in [7, 11) is 1.41. The summed E-state index contributed by atoms with van der Waals surface area (Å²) in [5, 5.41) is 23.9. The lowest BCUT2D eigenvalue weighted by atomic mass is 9.42. The van der Waals surface area contributed by atoms with Crippen LogP contribution in [0.25, 0.3) is 0 Å². The van der Waals surface area contributed by atoms with Crippen molar-refractivity contribution >= 4 is 23.5 Å². The Bertz CT molecular complexity index is 1230. The van der Waals surface area contributed by atoms with Crippen LogP contribution in [0.5, 0.6) is 0 Å². The fourth-order valence-corrected chi connectivity index (χ4v) is 8.27. The maximum atomic E-state index is 14.5. The summed E-state index contributed by atoms with van der Waals surface area (Å²) < 4.78 is 23.8. The second-order valence-electron chi connectivity index (χ2n) is 12.7. The lowest BCUT2D eigenvalue weighted by Gasteiger charge is -2.68. The van der Waals surface area contributed by atoms with Crippen LogP contribution in [0.4, 0.5) is 0 Å². The Hall–Kier alpha value is -2.66. The summed E-state index contributed by atoms with van der Waals surface area (Å²) in [5.74, 6) is -5.92. The zero-order valence-electron chi connectivity index (χ0n) is 23.7. The monoisotopic (exact) mass is 558 g/mol. The molecule has 2 unspecified atom stereocenters. The van der Waals surface area contributed by atoms with Gasteiger partial charge in [0.1, 0.15) is 17.8 Å². The van der Waals surface area contributed by atoms with Crippen molar-refractivity contribution in [3.8, 4) is 0 Å². The lowest BCUT2D eigenvalue weighted by molar-refractivity contribution is -0.351. The van der Waals surface area contributed by atoms with Crippen LogP contribution in [0.1, 0.15) is 57.8 Å². The molecular formula is C30H38O10. The Morgan fingerprint density at radius 3 is 2.30 bits per heavy atom. The van der Waals surface area contributed by atoms with Crippen molar-refractivity contribution in [2.75, 3.05) is 13.7 Å². The molecule has 0 radical (unpaired) electrons. The Kier molecular flexibility index (Phi) is 6.81. The Labute approximate surface area is 233 Å². The normalized spacial score (nSPS) is 43.8. The van der Waals surface area contributed by atoms with Crippen LogP contribution in [-0.2, 0) is 33.3 Å². The van der Waals surface area contributed by atoms with Crippen molar-refractivity contribution in [3.63, 3.8) is 0 Å². The minimum atomic E-state index is -2.01. The minimum absolute atomic E-state index is 0.131. The van der Waals surface area contributed by atoms with Gasteiger partial charge in [0.25, 0.3) is 0 Å². The van der Waals surface area contributed by atoms with E-state index in [0.717, 1.165) is 0 Å². The molecule has 2 bridgehead atoms. The van der Waals surface area contributed by atoms with Gasteiger partial charge in [0.05, 0.1) is 35.7 Å². The van der Waals surface area contributed by atoms with Gasteiger partial charge in [0.2, 0.25) is 11.6 Å². The zero-order chi connectivity index (χ0) is 29.4. The first-order chi connectivity index (χ1) is 18.7. The Morgan fingerprint density at radius 2 is 1.75 bits per heavy atom. The number of ether oxygens (including phenoxy) is 4. The van der Waals surface area contributed by atoms with E-state index >= 15 is 0 Å². The lowest BCUT2D eigenvalue weighted by Crippen LogP contribution is -2.82. The number of methoxy groups -OCH3 is 1.